The number of rotatable bonds is 53. The maximum atomic E-state index is 12.9. The van der Waals surface area contributed by atoms with Crippen molar-refractivity contribution in [2.24, 2.45) is 0 Å². The van der Waals surface area contributed by atoms with Crippen LogP contribution in [0.5, 0.6) is 0 Å². The summed E-state index contributed by atoms with van der Waals surface area (Å²) in [5, 5.41) is 0. The fourth-order valence-electron chi connectivity index (χ4n) is 7.42. The van der Waals surface area contributed by atoms with Gasteiger partial charge in [-0.3, -0.25) is 14.4 Å². The molecule has 446 valence electrons. The topological polar surface area (TPSA) is 78.9 Å². The van der Waals surface area contributed by atoms with Crippen LogP contribution >= 0.6 is 0 Å². The summed E-state index contributed by atoms with van der Waals surface area (Å²) < 4.78 is 16.7. The Morgan fingerprint density at radius 1 is 0.247 bits per heavy atom. The van der Waals surface area contributed by atoms with Crippen molar-refractivity contribution in [3.05, 3.63) is 219 Å². The first-order valence-corrected chi connectivity index (χ1v) is 31.2. The number of allylic oxidation sites excluding steroid dienone is 36. The van der Waals surface area contributed by atoms with Gasteiger partial charge in [-0.1, -0.05) is 259 Å². The normalized spacial score (nSPS) is 13.7. The van der Waals surface area contributed by atoms with Crippen molar-refractivity contribution in [1.29, 1.82) is 0 Å². The fraction of sp³-hybridized carbons (Fsp3) is 0.480. The van der Waals surface area contributed by atoms with Crippen LogP contribution in [0.2, 0.25) is 0 Å². The molecule has 0 aromatic carbocycles. The van der Waals surface area contributed by atoms with Crippen molar-refractivity contribution in [1.82, 2.24) is 0 Å². The van der Waals surface area contributed by atoms with Gasteiger partial charge in [0.05, 0.1) is 0 Å². The Hall–Kier alpha value is -6.27. The quantitative estimate of drug-likeness (QED) is 0.0261. The number of hydrogen-bond acceptors (Lipinski definition) is 6. The first-order valence-electron chi connectivity index (χ1n) is 31.2. The van der Waals surface area contributed by atoms with E-state index in [2.05, 4.69) is 227 Å². The smallest absolute Gasteiger partial charge is 0.306 e. The molecule has 0 N–H and O–H groups in total. The highest BCUT2D eigenvalue weighted by Crippen LogP contribution is 2.11. The third-order valence-corrected chi connectivity index (χ3v) is 12.0. The monoisotopic (exact) mass is 1110 g/mol. The number of carbonyl (C=O) groups excluding carboxylic acids is 3. The molecule has 6 nitrogen and oxygen atoms in total. The number of hydrogen-bond donors (Lipinski definition) is 0. The van der Waals surface area contributed by atoms with Crippen LogP contribution < -0.4 is 0 Å². The van der Waals surface area contributed by atoms with Gasteiger partial charge in [-0.05, 0) is 154 Å². The van der Waals surface area contributed by atoms with E-state index in [1.165, 1.54) is 0 Å². The van der Waals surface area contributed by atoms with Crippen LogP contribution in [0.25, 0.3) is 0 Å². The lowest BCUT2D eigenvalue weighted by Gasteiger charge is -2.18. The second-order valence-corrected chi connectivity index (χ2v) is 19.5. The lowest BCUT2D eigenvalue weighted by molar-refractivity contribution is -0.166. The predicted molar refractivity (Wildman–Crippen MR) is 352 cm³/mol. The summed E-state index contributed by atoms with van der Waals surface area (Å²) in [7, 11) is 0. The SMILES string of the molecule is CC/C=C\C/C=C\C/C=C\C/C=C\C/C=C\C/C=C\C/C=C\C/C=C\C/C=C\CCCC(=O)OCC(COC(=O)CC/C=C\C/C=C\C/C=C\C/C=C\CC)OC(=O)CCCCCCC/C=C\C/C=C\C/C=C\C/C=C\C/C=C\CC. The molecule has 0 spiro atoms. The predicted octanol–water partition coefficient (Wildman–Crippen LogP) is 21.8. The largest absolute Gasteiger partial charge is 0.462 e. The van der Waals surface area contributed by atoms with E-state index in [0.717, 1.165) is 154 Å². The van der Waals surface area contributed by atoms with Crippen molar-refractivity contribution in [3.8, 4) is 0 Å². The first-order chi connectivity index (χ1) is 40.0. The summed E-state index contributed by atoms with van der Waals surface area (Å²) in [5.74, 6) is -1.12. The summed E-state index contributed by atoms with van der Waals surface area (Å²) in [6.45, 7) is 6.14. The average Bonchev–Trinajstić information content (AvgIpc) is 3.46. The zero-order valence-corrected chi connectivity index (χ0v) is 50.9. The standard InChI is InChI=1S/C75H110O6/c1-4-7-10-13-16-19-22-25-27-29-31-33-34-35-36-37-38-39-40-42-43-45-47-50-53-56-59-62-65-68-74(77)80-71-72(70-79-73(76)67-64-61-58-55-52-49-24-21-18-15-12-9-6-3)81-75(78)69-66-63-60-57-54-51-48-46-44-41-32-30-28-26-23-20-17-14-11-8-5-2/h7-12,16-21,25-28,31-33,35-36,38-39,41-43,46-50,52,56,58-59,61,72H,4-6,13-15,22-24,29-30,34,37,40,44-45,51,53-55,57,60,62-71H2,1-3H3/b10-7-,11-8-,12-9-,19-16-,20-17-,21-18-,27-25-,28-26-,33-31-,36-35-,39-38-,41-32-,43-42-,48-46-,50-47-,52-49-,59-56-,61-58-. The molecule has 0 bridgehead atoms. The zero-order valence-electron chi connectivity index (χ0n) is 50.9. The van der Waals surface area contributed by atoms with Crippen LogP contribution in [0.4, 0.5) is 0 Å². The van der Waals surface area contributed by atoms with Crippen molar-refractivity contribution in [2.75, 3.05) is 13.2 Å². The summed E-state index contributed by atoms with van der Waals surface area (Å²) >= 11 is 0. The van der Waals surface area contributed by atoms with Crippen molar-refractivity contribution in [2.45, 2.75) is 219 Å². The van der Waals surface area contributed by atoms with E-state index < -0.39 is 6.10 Å². The van der Waals surface area contributed by atoms with E-state index in [-0.39, 0.29) is 50.4 Å². The van der Waals surface area contributed by atoms with Crippen LogP contribution in [0.15, 0.2) is 219 Å². The molecule has 0 aliphatic carbocycles. The molecule has 0 radical (unpaired) electrons. The molecule has 0 rings (SSSR count). The molecule has 0 amide bonds. The summed E-state index contributed by atoms with van der Waals surface area (Å²) in [5.41, 5.74) is 0. The maximum Gasteiger partial charge on any atom is 0.306 e. The number of unbranched alkanes of at least 4 members (excludes halogenated alkanes) is 6. The zero-order chi connectivity index (χ0) is 58.5. The Morgan fingerprint density at radius 3 is 0.802 bits per heavy atom. The van der Waals surface area contributed by atoms with Crippen molar-refractivity contribution < 1.29 is 28.6 Å². The highest BCUT2D eigenvalue weighted by atomic mass is 16.6. The fourth-order valence-corrected chi connectivity index (χ4v) is 7.42. The molecule has 0 aliphatic rings. The molecular formula is C75H110O6. The van der Waals surface area contributed by atoms with Crippen LogP contribution in [-0.4, -0.2) is 37.2 Å². The van der Waals surface area contributed by atoms with Crippen molar-refractivity contribution in [3.63, 3.8) is 0 Å². The Bertz CT molecular complexity index is 2050. The van der Waals surface area contributed by atoms with E-state index in [0.29, 0.717) is 19.3 Å². The van der Waals surface area contributed by atoms with Crippen LogP contribution in [0, 0.1) is 0 Å². The summed E-state index contributed by atoms with van der Waals surface area (Å²) in [6.07, 6.45) is 104. The Kier molecular flexibility index (Phi) is 61.1. The molecule has 81 heavy (non-hydrogen) atoms. The van der Waals surface area contributed by atoms with E-state index in [1.807, 2.05) is 12.2 Å². The second-order valence-electron chi connectivity index (χ2n) is 19.5. The second kappa shape index (κ2) is 66.2. The summed E-state index contributed by atoms with van der Waals surface area (Å²) in [4.78, 5) is 38.2. The number of carbonyl (C=O) groups is 3. The number of ether oxygens (including phenoxy) is 3. The molecule has 0 fully saturated rings. The van der Waals surface area contributed by atoms with Crippen LogP contribution in [0.1, 0.15) is 213 Å². The molecule has 0 saturated carbocycles. The van der Waals surface area contributed by atoms with Gasteiger partial charge in [-0.15, -0.1) is 0 Å². The molecular weight excluding hydrogens is 997 g/mol. The molecule has 0 heterocycles. The first kappa shape index (κ1) is 74.7. The van der Waals surface area contributed by atoms with Crippen LogP contribution in [0.3, 0.4) is 0 Å². The van der Waals surface area contributed by atoms with Gasteiger partial charge in [0.15, 0.2) is 6.10 Å². The highest BCUT2D eigenvalue weighted by Gasteiger charge is 2.19. The molecule has 1 atom stereocenters. The summed E-state index contributed by atoms with van der Waals surface area (Å²) in [6, 6.07) is 0. The highest BCUT2D eigenvalue weighted by molar-refractivity contribution is 5.71. The minimum Gasteiger partial charge on any atom is -0.462 e. The Balaban J connectivity index is 4.57. The minimum absolute atomic E-state index is 0.152. The van der Waals surface area contributed by atoms with Gasteiger partial charge < -0.3 is 14.2 Å². The molecule has 1 unspecified atom stereocenters. The molecule has 0 aromatic rings. The maximum absolute atomic E-state index is 12.9. The van der Waals surface area contributed by atoms with Gasteiger partial charge in [0.1, 0.15) is 13.2 Å². The molecule has 0 aliphatic heterocycles. The Morgan fingerprint density at radius 2 is 0.481 bits per heavy atom. The van der Waals surface area contributed by atoms with E-state index in [4.69, 9.17) is 14.2 Å². The van der Waals surface area contributed by atoms with Gasteiger partial charge in [-0.25, -0.2) is 0 Å². The van der Waals surface area contributed by atoms with Gasteiger partial charge in [0.2, 0.25) is 0 Å². The van der Waals surface area contributed by atoms with E-state index in [1.54, 1.807) is 0 Å². The lowest BCUT2D eigenvalue weighted by Crippen LogP contribution is -2.30. The molecule has 0 aromatic heterocycles. The minimum atomic E-state index is -0.857. The number of esters is 3. The van der Waals surface area contributed by atoms with E-state index in [9.17, 15) is 14.4 Å². The van der Waals surface area contributed by atoms with Gasteiger partial charge in [0, 0.05) is 19.3 Å². The van der Waals surface area contributed by atoms with Gasteiger partial charge in [-0.2, -0.15) is 0 Å². The lowest BCUT2D eigenvalue weighted by atomic mass is 10.1. The average molecular weight is 1110 g/mol. The van der Waals surface area contributed by atoms with Crippen molar-refractivity contribution >= 4 is 17.9 Å². The molecule has 0 saturated heterocycles. The van der Waals surface area contributed by atoms with E-state index >= 15 is 0 Å². The van der Waals surface area contributed by atoms with Gasteiger partial charge in [0.25, 0.3) is 0 Å². The van der Waals surface area contributed by atoms with Gasteiger partial charge >= 0.3 is 17.9 Å². The van der Waals surface area contributed by atoms with Crippen LogP contribution in [-0.2, 0) is 28.6 Å². The molecule has 6 heteroatoms. The third-order valence-electron chi connectivity index (χ3n) is 12.0. The third kappa shape index (κ3) is 64.4. The Labute approximate surface area is 495 Å².